The maximum absolute atomic E-state index is 12.8. The predicted molar refractivity (Wildman–Crippen MR) is 85.3 cm³/mol. The fourth-order valence-corrected chi connectivity index (χ4v) is 4.29. The van der Waals surface area contributed by atoms with Crippen LogP contribution >= 0.6 is 0 Å². The number of carbonyl (C=O) groups excluding carboxylic acids is 1. The lowest BCUT2D eigenvalue weighted by Gasteiger charge is -2.31. The number of H-pyrrole nitrogens is 1. The van der Waals surface area contributed by atoms with Gasteiger partial charge in [-0.1, -0.05) is 27.2 Å². The second kappa shape index (κ2) is 4.59. The molecular weight excluding hydrogens is 274 g/mol. The molecule has 0 bridgehead atoms. The Labute approximate surface area is 132 Å². The summed E-state index contributed by atoms with van der Waals surface area (Å²) in [5, 5.41) is 7.73. The van der Waals surface area contributed by atoms with Crippen molar-refractivity contribution in [1.82, 2.24) is 15.1 Å². The summed E-state index contributed by atoms with van der Waals surface area (Å²) in [6.07, 6.45) is 6.93. The van der Waals surface area contributed by atoms with E-state index in [4.69, 9.17) is 0 Å². The lowest BCUT2D eigenvalue weighted by Crippen LogP contribution is -2.38. The molecule has 2 saturated carbocycles. The monoisotopic (exact) mass is 301 g/mol. The third kappa shape index (κ3) is 2.27. The Morgan fingerprint density at radius 2 is 2.18 bits per heavy atom. The van der Waals surface area contributed by atoms with Gasteiger partial charge in [-0.15, -0.1) is 0 Å². The van der Waals surface area contributed by atoms with Crippen LogP contribution in [0.5, 0.6) is 0 Å². The Morgan fingerprint density at radius 1 is 1.41 bits per heavy atom. The van der Waals surface area contributed by atoms with Gasteiger partial charge in [0.25, 0.3) is 0 Å². The Hall–Kier alpha value is -1.32. The first-order chi connectivity index (χ1) is 10.4. The average Bonchev–Trinajstić information content (AvgIpc) is 3.08. The zero-order chi connectivity index (χ0) is 15.5. The number of rotatable bonds is 2. The third-order valence-electron chi connectivity index (χ3n) is 5.87. The molecule has 1 aliphatic heterocycles. The number of hydrogen-bond acceptors (Lipinski definition) is 2. The van der Waals surface area contributed by atoms with E-state index in [9.17, 15) is 4.79 Å². The fourth-order valence-electron chi connectivity index (χ4n) is 4.29. The highest BCUT2D eigenvalue weighted by Gasteiger charge is 2.61. The molecule has 1 unspecified atom stereocenters. The summed E-state index contributed by atoms with van der Waals surface area (Å²) in [4.78, 5) is 14.9. The van der Waals surface area contributed by atoms with Gasteiger partial charge < -0.3 is 4.90 Å². The molecule has 3 aliphatic rings. The quantitative estimate of drug-likeness (QED) is 0.912. The van der Waals surface area contributed by atoms with Crippen LogP contribution in [0.25, 0.3) is 0 Å². The molecule has 1 aromatic heterocycles. The van der Waals surface area contributed by atoms with Crippen molar-refractivity contribution < 1.29 is 4.79 Å². The van der Waals surface area contributed by atoms with E-state index in [0.29, 0.717) is 17.2 Å². The van der Waals surface area contributed by atoms with Crippen molar-refractivity contribution in [2.75, 3.05) is 6.54 Å². The van der Waals surface area contributed by atoms with E-state index in [2.05, 4.69) is 35.9 Å². The molecule has 2 aliphatic carbocycles. The number of aromatic amines is 1. The first-order valence-electron chi connectivity index (χ1n) is 8.72. The Balaban J connectivity index is 1.49. The van der Waals surface area contributed by atoms with E-state index in [1.54, 1.807) is 0 Å². The van der Waals surface area contributed by atoms with Crippen molar-refractivity contribution >= 4 is 5.91 Å². The minimum atomic E-state index is 0.224. The molecule has 1 atom stereocenters. The minimum absolute atomic E-state index is 0.224. The average molecular weight is 301 g/mol. The van der Waals surface area contributed by atoms with Gasteiger partial charge in [-0.2, -0.15) is 5.10 Å². The molecule has 0 radical (unpaired) electrons. The van der Waals surface area contributed by atoms with Gasteiger partial charge in [0.1, 0.15) is 0 Å². The fraction of sp³-hybridized carbons (Fsp3) is 0.778. The highest BCUT2D eigenvalue weighted by Crippen LogP contribution is 2.66. The lowest BCUT2D eigenvalue weighted by molar-refractivity contribution is -0.134. The number of carbonyl (C=O) groups is 1. The first-order valence-corrected chi connectivity index (χ1v) is 8.72. The van der Waals surface area contributed by atoms with Crippen LogP contribution in [0.4, 0.5) is 0 Å². The highest BCUT2D eigenvalue weighted by molar-refractivity contribution is 5.83. The molecule has 120 valence electrons. The molecule has 1 N–H and O–H groups in total. The summed E-state index contributed by atoms with van der Waals surface area (Å²) in [5.41, 5.74) is 4.36. The van der Waals surface area contributed by atoms with Crippen molar-refractivity contribution in [2.24, 2.45) is 16.7 Å². The number of nitrogens with one attached hydrogen (secondary N) is 1. The summed E-state index contributed by atoms with van der Waals surface area (Å²) < 4.78 is 0. The molecular formula is C18H27N3O. The molecule has 1 amide bonds. The van der Waals surface area contributed by atoms with Gasteiger partial charge >= 0.3 is 0 Å². The topological polar surface area (TPSA) is 49.0 Å². The Kier molecular flexibility index (Phi) is 2.98. The van der Waals surface area contributed by atoms with Gasteiger partial charge in [-0.05, 0) is 36.5 Å². The van der Waals surface area contributed by atoms with E-state index in [1.165, 1.54) is 30.5 Å². The largest absolute Gasteiger partial charge is 0.338 e. The van der Waals surface area contributed by atoms with Crippen LogP contribution in [0.15, 0.2) is 0 Å². The summed E-state index contributed by atoms with van der Waals surface area (Å²) in [7, 11) is 0. The second-order valence-electron chi connectivity index (χ2n) is 8.85. The van der Waals surface area contributed by atoms with Crippen LogP contribution < -0.4 is 0 Å². The van der Waals surface area contributed by atoms with E-state index in [1.807, 2.05) is 0 Å². The van der Waals surface area contributed by atoms with Crippen LogP contribution in [0.2, 0.25) is 0 Å². The normalized spacial score (nSPS) is 25.8. The predicted octanol–water partition coefficient (Wildman–Crippen LogP) is 3.07. The van der Waals surface area contributed by atoms with Crippen molar-refractivity contribution in [3.63, 3.8) is 0 Å². The molecule has 0 aromatic carbocycles. The van der Waals surface area contributed by atoms with E-state index >= 15 is 0 Å². The number of amides is 1. The summed E-state index contributed by atoms with van der Waals surface area (Å²) in [5.74, 6) is 0.744. The SMILES string of the molecule is CC(C)(C)Cc1n[nH]c2c1CN(C(=O)C1CC13CCC3)CC2. The van der Waals surface area contributed by atoms with Crippen molar-refractivity contribution in [3.8, 4) is 0 Å². The zero-order valence-corrected chi connectivity index (χ0v) is 14.0. The van der Waals surface area contributed by atoms with Gasteiger partial charge in [0.2, 0.25) is 5.91 Å². The van der Waals surface area contributed by atoms with Gasteiger partial charge in [-0.25, -0.2) is 0 Å². The molecule has 1 spiro atoms. The first kappa shape index (κ1) is 14.3. The highest BCUT2D eigenvalue weighted by atomic mass is 16.2. The van der Waals surface area contributed by atoms with E-state index in [0.717, 1.165) is 38.0 Å². The van der Waals surface area contributed by atoms with Gasteiger partial charge in [0.05, 0.1) is 5.69 Å². The van der Waals surface area contributed by atoms with Crippen LogP contribution in [0.1, 0.15) is 63.4 Å². The van der Waals surface area contributed by atoms with Crippen LogP contribution in [-0.4, -0.2) is 27.5 Å². The lowest BCUT2D eigenvalue weighted by atomic mass is 9.79. The maximum Gasteiger partial charge on any atom is 0.226 e. The number of hydrogen-bond donors (Lipinski definition) is 1. The third-order valence-corrected chi connectivity index (χ3v) is 5.87. The molecule has 2 fully saturated rings. The number of aromatic nitrogens is 2. The van der Waals surface area contributed by atoms with Crippen molar-refractivity contribution in [2.45, 2.75) is 65.8 Å². The standard InChI is InChI=1S/C18H27N3O/c1-17(2,3)10-15-12-11-21(8-5-14(12)19-20-15)16(22)13-9-18(13)6-4-7-18/h13H,4-11H2,1-3H3,(H,19,20). The van der Waals surface area contributed by atoms with Gasteiger partial charge in [0.15, 0.2) is 0 Å². The molecule has 1 aromatic rings. The molecule has 4 nitrogen and oxygen atoms in total. The zero-order valence-electron chi connectivity index (χ0n) is 14.0. The molecule has 4 rings (SSSR count). The number of nitrogens with zero attached hydrogens (tertiary/aromatic N) is 2. The maximum atomic E-state index is 12.8. The van der Waals surface area contributed by atoms with E-state index in [-0.39, 0.29) is 5.41 Å². The summed E-state index contributed by atoms with van der Waals surface area (Å²) in [6, 6.07) is 0. The van der Waals surface area contributed by atoms with Crippen molar-refractivity contribution in [3.05, 3.63) is 17.0 Å². The van der Waals surface area contributed by atoms with Gasteiger partial charge in [0, 0.05) is 36.7 Å². The van der Waals surface area contributed by atoms with Crippen LogP contribution in [-0.2, 0) is 24.2 Å². The summed E-state index contributed by atoms with van der Waals surface area (Å²) in [6.45, 7) is 8.34. The smallest absolute Gasteiger partial charge is 0.226 e. The molecule has 22 heavy (non-hydrogen) atoms. The molecule has 0 saturated heterocycles. The van der Waals surface area contributed by atoms with Crippen LogP contribution in [0.3, 0.4) is 0 Å². The van der Waals surface area contributed by atoms with Crippen molar-refractivity contribution in [1.29, 1.82) is 0 Å². The van der Waals surface area contributed by atoms with Crippen LogP contribution in [0, 0.1) is 16.7 Å². The molecule has 4 heteroatoms. The summed E-state index contributed by atoms with van der Waals surface area (Å²) >= 11 is 0. The second-order valence-corrected chi connectivity index (χ2v) is 8.85. The van der Waals surface area contributed by atoms with E-state index < -0.39 is 0 Å². The minimum Gasteiger partial charge on any atom is -0.338 e. The Bertz CT molecular complexity index is 606. The Morgan fingerprint density at radius 3 is 2.77 bits per heavy atom. The van der Waals surface area contributed by atoms with Gasteiger partial charge in [-0.3, -0.25) is 9.89 Å². The molecule has 2 heterocycles. The number of fused-ring (bicyclic) bond motifs is 1.